The molecule has 4 heteroatoms. The molecule has 0 bridgehead atoms. The number of aromatic nitrogens is 1. The van der Waals surface area contributed by atoms with Crippen molar-refractivity contribution >= 4 is 49.1 Å². The summed E-state index contributed by atoms with van der Waals surface area (Å²) in [5.74, 6) is 0. The number of halogens is 1. The van der Waals surface area contributed by atoms with E-state index in [-0.39, 0.29) is 0 Å². The first-order chi connectivity index (χ1) is 11.3. The molecule has 0 unspecified atom stereocenters. The Balaban J connectivity index is 1.98. The summed E-state index contributed by atoms with van der Waals surface area (Å²) in [7, 11) is 0. The highest BCUT2D eigenvalue weighted by molar-refractivity contribution is 9.10. The number of hydrogen-bond acceptors (Lipinski definition) is 2. The van der Waals surface area contributed by atoms with Gasteiger partial charge in [0.2, 0.25) is 0 Å². The molecule has 0 atom stereocenters. The highest BCUT2D eigenvalue weighted by Crippen LogP contribution is 2.35. The number of nitrogens with one attached hydrogen (secondary N) is 2. The lowest BCUT2D eigenvalue weighted by Crippen LogP contribution is -2.02. The van der Waals surface area contributed by atoms with Crippen LogP contribution in [0.25, 0.3) is 21.8 Å². The second kappa shape index (κ2) is 5.72. The summed E-state index contributed by atoms with van der Waals surface area (Å²) >= 11 is 3.55. The fourth-order valence-electron chi connectivity index (χ4n) is 2.96. The van der Waals surface area contributed by atoms with Gasteiger partial charge in [0.1, 0.15) is 0 Å². The van der Waals surface area contributed by atoms with Crippen molar-refractivity contribution in [3.63, 3.8) is 0 Å². The van der Waals surface area contributed by atoms with Gasteiger partial charge in [-0.15, -0.1) is 0 Å². The van der Waals surface area contributed by atoms with Crippen LogP contribution in [0.4, 0.5) is 11.4 Å². The fourth-order valence-corrected chi connectivity index (χ4v) is 3.32. The van der Waals surface area contributed by atoms with Gasteiger partial charge in [-0.1, -0.05) is 46.3 Å². The molecular formula is C19H16BrN3. The highest BCUT2D eigenvalue weighted by Gasteiger charge is 2.12. The predicted molar refractivity (Wildman–Crippen MR) is 101 cm³/mol. The molecule has 0 aliphatic rings. The van der Waals surface area contributed by atoms with Crippen molar-refractivity contribution in [1.29, 1.82) is 0 Å². The smallest absolute Gasteiger partial charge is 0.0707 e. The number of hydrogen-bond donors (Lipinski definition) is 3. The lowest BCUT2D eigenvalue weighted by molar-refractivity contribution is 1.08. The number of aromatic amines is 1. The van der Waals surface area contributed by atoms with Gasteiger partial charge in [0.25, 0.3) is 0 Å². The number of anilines is 2. The Labute approximate surface area is 142 Å². The quantitative estimate of drug-likeness (QED) is 0.462. The second-order valence-corrected chi connectivity index (χ2v) is 6.45. The molecule has 0 aliphatic carbocycles. The molecule has 4 N–H and O–H groups in total. The summed E-state index contributed by atoms with van der Waals surface area (Å²) in [5, 5.41) is 5.91. The molecule has 1 heterocycles. The minimum atomic E-state index is 0.490. The molecule has 114 valence electrons. The molecule has 0 amide bonds. The predicted octanol–water partition coefficient (Wildman–Crippen LogP) is 5.29. The van der Waals surface area contributed by atoms with E-state index in [9.17, 15) is 0 Å². The zero-order valence-electron chi connectivity index (χ0n) is 12.4. The minimum Gasteiger partial charge on any atom is -0.354 e. The average Bonchev–Trinajstić information content (AvgIpc) is 2.94. The first-order valence-corrected chi connectivity index (χ1v) is 8.30. The van der Waals surface area contributed by atoms with Crippen LogP contribution >= 0.6 is 15.9 Å². The minimum absolute atomic E-state index is 0.490. The van der Waals surface area contributed by atoms with Crippen molar-refractivity contribution in [2.24, 2.45) is 5.73 Å². The highest BCUT2D eigenvalue weighted by atomic mass is 79.9. The van der Waals surface area contributed by atoms with Gasteiger partial charge >= 0.3 is 0 Å². The fraction of sp³-hybridized carbons (Fsp3) is 0.0526. The van der Waals surface area contributed by atoms with Gasteiger partial charge in [-0.2, -0.15) is 0 Å². The van der Waals surface area contributed by atoms with Crippen LogP contribution in [0, 0.1) is 0 Å². The zero-order valence-corrected chi connectivity index (χ0v) is 14.0. The van der Waals surface area contributed by atoms with Crippen LogP contribution in [0.1, 0.15) is 5.56 Å². The van der Waals surface area contributed by atoms with E-state index in [0.717, 1.165) is 32.4 Å². The van der Waals surface area contributed by atoms with E-state index in [0.29, 0.717) is 6.54 Å². The van der Waals surface area contributed by atoms with Crippen LogP contribution in [0.3, 0.4) is 0 Å². The Kier molecular flexibility index (Phi) is 3.56. The maximum atomic E-state index is 5.95. The Bertz CT molecular complexity index is 990. The topological polar surface area (TPSA) is 53.8 Å². The Morgan fingerprint density at radius 1 is 0.957 bits per heavy atom. The van der Waals surface area contributed by atoms with Gasteiger partial charge in [-0.05, 0) is 35.9 Å². The third-order valence-electron chi connectivity index (χ3n) is 4.09. The molecule has 0 saturated heterocycles. The van der Waals surface area contributed by atoms with Gasteiger partial charge in [0, 0.05) is 33.0 Å². The monoisotopic (exact) mass is 365 g/mol. The van der Waals surface area contributed by atoms with Crippen LogP contribution in [0.2, 0.25) is 0 Å². The molecule has 4 rings (SSSR count). The van der Waals surface area contributed by atoms with Crippen LogP contribution in [0.15, 0.2) is 65.1 Å². The van der Waals surface area contributed by atoms with E-state index in [1.807, 2.05) is 24.3 Å². The van der Waals surface area contributed by atoms with Crippen molar-refractivity contribution in [2.45, 2.75) is 6.54 Å². The molecule has 3 aromatic carbocycles. The average molecular weight is 366 g/mol. The summed E-state index contributed by atoms with van der Waals surface area (Å²) < 4.78 is 1.08. The summed E-state index contributed by atoms with van der Waals surface area (Å²) in [6.45, 7) is 0.490. The summed E-state index contributed by atoms with van der Waals surface area (Å²) in [4.78, 5) is 3.53. The van der Waals surface area contributed by atoms with Gasteiger partial charge in [0.15, 0.2) is 0 Å². The van der Waals surface area contributed by atoms with Gasteiger partial charge < -0.3 is 16.0 Å². The number of benzene rings is 3. The van der Waals surface area contributed by atoms with Crippen molar-refractivity contribution in [3.05, 3.63) is 70.7 Å². The standard InChI is InChI=1S/C19H16BrN3/c20-13-7-9-17-16(10-13)15-8-6-12(11-21)18(19(15)23-17)22-14-4-2-1-3-5-14/h1-10,22-23H,11,21H2. The molecule has 23 heavy (non-hydrogen) atoms. The van der Waals surface area contributed by atoms with Crippen LogP contribution in [-0.4, -0.2) is 4.98 Å². The van der Waals surface area contributed by atoms with E-state index >= 15 is 0 Å². The molecule has 0 radical (unpaired) electrons. The maximum Gasteiger partial charge on any atom is 0.0707 e. The number of nitrogens with two attached hydrogens (primary N) is 1. The lowest BCUT2D eigenvalue weighted by Gasteiger charge is -2.12. The first-order valence-electron chi connectivity index (χ1n) is 7.51. The lowest BCUT2D eigenvalue weighted by atomic mass is 10.1. The molecule has 3 nitrogen and oxygen atoms in total. The normalized spacial score (nSPS) is 11.2. The Morgan fingerprint density at radius 3 is 2.57 bits per heavy atom. The van der Waals surface area contributed by atoms with Crippen LogP contribution in [-0.2, 0) is 6.54 Å². The second-order valence-electron chi connectivity index (χ2n) is 5.53. The van der Waals surface area contributed by atoms with E-state index in [4.69, 9.17) is 5.73 Å². The third-order valence-corrected chi connectivity index (χ3v) is 4.58. The third kappa shape index (κ3) is 2.50. The van der Waals surface area contributed by atoms with Gasteiger partial charge in [-0.3, -0.25) is 0 Å². The number of H-pyrrole nitrogens is 1. The molecule has 0 spiro atoms. The van der Waals surface area contributed by atoms with E-state index in [2.05, 4.69) is 62.6 Å². The van der Waals surface area contributed by atoms with Gasteiger partial charge in [0.05, 0.1) is 11.2 Å². The van der Waals surface area contributed by atoms with E-state index in [1.165, 1.54) is 10.8 Å². The molecule has 0 aliphatic heterocycles. The molecule has 1 aromatic heterocycles. The summed E-state index contributed by atoms with van der Waals surface area (Å²) in [6, 6.07) is 20.7. The molecule has 4 aromatic rings. The first kappa shape index (κ1) is 14.3. The number of fused-ring (bicyclic) bond motifs is 3. The van der Waals surface area contributed by atoms with Crippen LogP contribution in [0.5, 0.6) is 0 Å². The Morgan fingerprint density at radius 2 is 1.78 bits per heavy atom. The SMILES string of the molecule is NCc1ccc2c([nH]c3ccc(Br)cc32)c1Nc1ccccc1. The van der Waals surface area contributed by atoms with Crippen molar-refractivity contribution in [3.8, 4) is 0 Å². The number of para-hydroxylation sites is 1. The largest absolute Gasteiger partial charge is 0.354 e. The van der Waals surface area contributed by atoms with Crippen molar-refractivity contribution in [1.82, 2.24) is 4.98 Å². The molecular weight excluding hydrogens is 350 g/mol. The van der Waals surface area contributed by atoms with Gasteiger partial charge in [-0.25, -0.2) is 0 Å². The molecule has 0 fully saturated rings. The van der Waals surface area contributed by atoms with Crippen molar-refractivity contribution in [2.75, 3.05) is 5.32 Å². The zero-order chi connectivity index (χ0) is 15.8. The van der Waals surface area contributed by atoms with Crippen LogP contribution < -0.4 is 11.1 Å². The maximum absolute atomic E-state index is 5.95. The summed E-state index contributed by atoms with van der Waals surface area (Å²) in [6.07, 6.45) is 0. The Hall–Kier alpha value is -2.30. The van der Waals surface area contributed by atoms with E-state index < -0.39 is 0 Å². The van der Waals surface area contributed by atoms with E-state index in [1.54, 1.807) is 0 Å². The summed E-state index contributed by atoms with van der Waals surface area (Å²) in [5.41, 5.74) is 11.3. The number of rotatable bonds is 3. The molecule has 0 saturated carbocycles. The van der Waals surface area contributed by atoms with Crippen molar-refractivity contribution < 1.29 is 0 Å².